The molecule has 0 aromatic rings. The molecule has 0 bridgehead atoms. The first-order valence-corrected chi connectivity index (χ1v) is 5.42. The van der Waals surface area contributed by atoms with Crippen LogP contribution in [0.3, 0.4) is 0 Å². The zero-order valence-corrected chi connectivity index (χ0v) is 10.1. The summed E-state index contributed by atoms with van der Waals surface area (Å²) in [5.41, 5.74) is 6.03. The number of nitrogens with two attached hydrogens (primary N) is 1. The number of halogens is 2. The van der Waals surface area contributed by atoms with E-state index in [4.69, 9.17) is 33.7 Å². The summed E-state index contributed by atoms with van der Waals surface area (Å²) in [7, 11) is 0. The van der Waals surface area contributed by atoms with Gasteiger partial charge in [-0.1, -0.05) is 13.0 Å². The van der Waals surface area contributed by atoms with Crippen LogP contribution in [0.15, 0.2) is 23.6 Å². The van der Waals surface area contributed by atoms with Crippen LogP contribution in [0, 0.1) is 0 Å². The Labute approximate surface area is 98.9 Å². The highest BCUT2D eigenvalue weighted by molar-refractivity contribution is 6.34. The van der Waals surface area contributed by atoms with Crippen LogP contribution in [0.1, 0.15) is 20.3 Å². The Kier molecular flexibility index (Phi) is 3.68. The van der Waals surface area contributed by atoms with Crippen LogP contribution < -0.4 is 5.73 Å². The quantitative estimate of drug-likeness (QED) is 0.604. The molecule has 2 N–H and O–H groups in total. The van der Waals surface area contributed by atoms with E-state index in [0.29, 0.717) is 11.5 Å². The van der Waals surface area contributed by atoms with Gasteiger partial charge in [-0.3, -0.25) is 4.79 Å². The molecule has 0 aromatic heterocycles. The first kappa shape index (κ1) is 12.4. The first-order chi connectivity index (χ1) is 6.88. The van der Waals surface area contributed by atoms with Crippen LogP contribution in [0.2, 0.25) is 0 Å². The zero-order chi connectivity index (χ0) is 11.6. The topological polar surface area (TPSA) is 52.3 Å². The van der Waals surface area contributed by atoms with Gasteiger partial charge in [0.25, 0.3) is 0 Å². The Morgan fingerprint density at radius 2 is 2.33 bits per heavy atom. The fraction of sp³-hybridized carbons (Fsp3) is 0.500. The lowest BCUT2D eigenvalue weighted by atomic mass is 9.98. The highest BCUT2D eigenvalue weighted by atomic mass is 35.5. The van der Waals surface area contributed by atoms with Gasteiger partial charge in [-0.15, -0.1) is 23.2 Å². The van der Waals surface area contributed by atoms with Gasteiger partial charge in [-0.2, -0.15) is 0 Å². The molecule has 0 amide bonds. The lowest BCUT2D eigenvalue weighted by molar-refractivity contribution is -0.138. The van der Waals surface area contributed by atoms with E-state index in [-0.39, 0.29) is 12.4 Å². The summed E-state index contributed by atoms with van der Waals surface area (Å²) in [6.45, 7) is 3.45. The molecule has 1 aliphatic carbocycles. The third-order valence-corrected chi connectivity index (χ3v) is 3.27. The van der Waals surface area contributed by atoms with Gasteiger partial charge in [0.05, 0.1) is 15.9 Å². The van der Waals surface area contributed by atoms with Gasteiger partial charge in [0.1, 0.15) is 0 Å². The monoisotopic (exact) mass is 249 g/mol. The molecule has 0 aliphatic heterocycles. The van der Waals surface area contributed by atoms with E-state index in [1.807, 2.05) is 0 Å². The van der Waals surface area contributed by atoms with E-state index in [9.17, 15) is 4.79 Å². The summed E-state index contributed by atoms with van der Waals surface area (Å²) in [4.78, 5) is 10.3. The average Bonchev–Trinajstić information content (AvgIpc) is 2.19. The van der Waals surface area contributed by atoms with Crippen LogP contribution in [-0.4, -0.2) is 16.2 Å². The van der Waals surface area contributed by atoms with E-state index in [2.05, 4.69) is 0 Å². The Morgan fingerprint density at radius 3 is 2.87 bits per heavy atom. The molecule has 0 saturated heterocycles. The molecule has 0 aromatic carbocycles. The van der Waals surface area contributed by atoms with Crippen molar-refractivity contribution in [3.63, 3.8) is 0 Å². The van der Waals surface area contributed by atoms with Crippen molar-refractivity contribution in [1.82, 2.24) is 0 Å². The minimum Gasteiger partial charge on any atom is -0.425 e. The van der Waals surface area contributed by atoms with Gasteiger partial charge in [0.2, 0.25) is 0 Å². The fourth-order valence-electron chi connectivity index (χ4n) is 1.14. The van der Waals surface area contributed by atoms with Gasteiger partial charge >= 0.3 is 5.97 Å². The van der Waals surface area contributed by atoms with Crippen LogP contribution in [-0.2, 0) is 9.53 Å². The average molecular weight is 250 g/mol. The van der Waals surface area contributed by atoms with Gasteiger partial charge < -0.3 is 10.5 Å². The highest BCUT2D eigenvalue weighted by Crippen LogP contribution is 2.34. The largest absolute Gasteiger partial charge is 0.425 e. The summed E-state index contributed by atoms with van der Waals surface area (Å²) in [5.74, 6) is -0.0559. The number of hydrogen-bond donors (Lipinski definition) is 1. The summed E-state index contributed by atoms with van der Waals surface area (Å²) < 4.78 is 5.00. The molecular weight excluding hydrogens is 237 g/mol. The number of carbonyl (C=O) groups excluding carboxylic acids is 1. The number of hydrogen-bond acceptors (Lipinski definition) is 3. The SMILES string of the molecule is CCC(=O)OC1=C(N)C(Cl)C(C)(Cl)C=C1. The van der Waals surface area contributed by atoms with Crippen molar-refractivity contribution in [3.05, 3.63) is 23.6 Å². The lowest BCUT2D eigenvalue weighted by Crippen LogP contribution is -2.35. The Hall–Kier alpha value is -0.670. The molecule has 0 fully saturated rings. The third-order valence-electron chi connectivity index (χ3n) is 2.13. The van der Waals surface area contributed by atoms with Crippen molar-refractivity contribution < 1.29 is 9.53 Å². The predicted octanol–water partition coefficient (Wildman–Crippen LogP) is 2.28. The van der Waals surface area contributed by atoms with E-state index < -0.39 is 10.3 Å². The maximum absolute atomic E-state index is 11.1. The molecule has 3 nitrogen and oxygen atoms in total. The molecule has 1 aliphatic rings. The van der Waals surface area contributed by atoms with Crippen molar-refractivity contribution in [3.8, 4) is 0 Å². The second-order valence-corrected chi connectivity index (χ2v) is 4.75. The number of rotatable bonds is 2. The maximum atomic E-state index is 11.1. The zero-order valence-electron chi connectivity index (χ0n) is 8.59. The number of esters is 1. The number of carbonyl (C=O) groups is 1. The van der Waals surface area contributed by atoms with Crippen molar-refractivity contribution in [2.75, 3.05) is 0 Å². The Bertz CT molecular complexity index is 334. The standard InChI is InChI=1S/C10H13Cl2NO2/c1-3-7(14)15-6-4-5-10(2,12)9(11)8(6)13/h4-5,9H,3,13H2,1-2H3. The molecule has 15 heavy (non-hydrogen) atoms. The second kappa shape index (κ2) is 4.45. The smallest absolute Gasteiger partial charge is 0.310 e. The van der Waals surface area contributed by atoms with Crippen molar-refractivity contribution in [1.29, 1.82) is 0 Å². The second-order valence-electron chi connectivity index (χ2n) is 3.49. The number of ether oxygens (including phenoxy) is 1. The van der Waals surface area contributed by atoms with Crippen LogP contribution in [0.25, 0.3) is 0 Å². The highest BCUT2D eigenvalue weighted by Gasteiger charge is 2.35. The lowest BCUT2D eigenvalue weighted by Gasteiger charge is -2.28. The Balaban J connectivity index is 2.88. The third kappa shape index (κ3) is 2.67. The van der Waals surface area contributed by atoms with Crippen molar-refractivity contribution >= 4 is 29.2 Å². The Morgan fingerprint density at radius 1 is 1.73 bits per heavy atom. The van der Waals surface area contributed by atoms with Gasteiger partial charge in [-0.05, 0) is 13.0 Å². The van der Waals surface area contributed by atoms with E-state index in [1.165, 1.54) is 0 Å². The molecule has 0 spiro atoms. The van der Waals surface area contributed by atoms with Crippen LogP contribution in [0.4, 0.5) is 0 Å². The maximum Gasteiger partial charge on any atom is 0.310 e. The molecular formula is C10H13Cl2NO2. The molecule has 2 atom stereocenters. The summed E-state index contributed by atoms with van der Waals surface area (Å²) in [6.07, 6.45) is 3.53. The van der Waals surface area contributed by atoms with Crippen LogP contribution >= 0.6 is 23.2 Å². The van der Waals surface area contributed by atoms with E-state index in [0.717, 1.165) is 0 Å². The first-order valence-electron chi connectivity index (χ1n) is 4.61. The van der Waals surface area contributed by atoms with E-state index >= 15 is 0 Å². The summed E-state index contributed by atoms with van der Waals surface area (Å²) in [6, 6.07) is 0. The van der Waals surface area contributed by atoms with Crippen LogP contribution in [0.5, 0.6) is 0 Å². The molecule has 1 rings (SSSR count). The summed E-state index contributed by atoms with van der Waals surface area (Å²) >= 11 is 12.1. The summed E-state index contributed by atoms with van der Waals surface area (Å²) in [5, 5.41) is -0.580. The number of alkyl halides is 2. The minimum absolute atomic E-state index is 0.287. The molecule has 0 saturated carbocycles. The molecule has 0 heterocycles. The minimum atomic E-state index is -0.742. The van der Waals surface area contributed by atoms with Crippen molar-refractivity contribution in [2.24, 2.45) is 5.73 Å². The van der Waals surface area contributed by atoms with Gasteiger partial charge in [0, 0.05) is 6.42 Å². The number of allylic oxidation sites excluding steroid dienone is 3. The fourth-order valence-corrected chi connectivity index (χ4v) is 1.50. The molecule has 5 heteroatoms. The molecule has 0 radical (unpaired) electrons. The van der Waals surface area contributed by atoms with E-state index in [1.54, 1.807) is 26.0 Å². The molecule has 84 valence electrons. The normalized spacial score (nSPS) is 30.5. The predicted molar refractivity (Wildman–Crippen MR) is 60.6 cm³/mol. The molecule has 2 unspecified atom stereocenters. The van der Waals surface area contributed by atoms with Gasteiger partial charge in [0.15, 0.2) is 5.76 Å². The van der Waals surface area contributed by atoms with Gasteiger partial charge in [-0.25, -0.2) is 0 Å². The van der Waals surface area contributed by atoms with Crippen molar-refractivity contribution in [2.45, 2.75) is 30.5 Å².